The summed E-state index contributed by atoms with van der Waals surface area (Å²) in [4.78, 5) is 38.1. The fourth-order valence-corrected chi connectivity index (χ4v) is 8.16. The van der Waals surface area contributed by atoms with Crippen LogP contribution in [0.1, 0.15) is 265 Å². The molecule has 434 valence electrons. The maximum atomic E-state index is 12.8. The van der Waals surface area contributed by atoms with Crippen LogP contribution in [-0.4, -0.2) is 37.2 Å². The Morgan fingerprint density at radius 1 is 0.273 bits per heavy atom. The monoisotopic (exact) mass is 1060 g/mol. The Morgan fingerprint density at radius 2 is 0.506 bits per heavy atom. The van der Waals surface area contributed by atoms with Gasteiger partial charge in [0.25, 0.3) is 0 Å². The lowest BCUT2D eigenvalue weighted by atomic mass is 10.1. The van der Waals surface area contributed by atoms with E-state index in [-0.39, 0.29) is 37.5 Å². The zero-order valence-corrected chi connectivity index (χ0v) is 49.7. The average Bonchev–Trinajstić information content (AvgIpc) is 3.43. The van der Waals surface area contributed by atoms with Crippen LogP contribution in [0.15, 0.2) is 146 Å². The van der Waals surface area contributed by atoms with E-state index in [1.54, 1.807) is 0 Å². The first-order chi connectivity index (χ1) is 38.0. The smallest absolute Gasteiger partial charge is 0.306 e. The van der Waals surface area contributed by atoms with Crippen LogP contribution in [0, 0.1) is 0 Å². The van der Waals surface area contributed by atoms with Crippen LogP contribution in [-0.2, 0) is 28.6 Å². The molecule has 1 atom stereocenters. The standard InChI is InChI=1S/C71H114O6/c1-4-7-10-13-16-19-22-24-25-26-27-28-29-30-31-32-33-34-35-36-37-38-39-40-41-42-43-44-45-47-49-52-55-58-61-64-70(73)76-67-68(66-75-69(72)63-60-57-54-51-48-21-18-15-12-9-6-3)77-71(74)65-62-59-56-53-50-46-23-20-17-14-11-8-5-2/h7-8,10-11,15-20,24-25,27-28,30-31,33-34,36-37,39-40,46,50,68H,4-6,9,12-14,21-23,26,29,32,35,38,41-45,47-49,51-67H2,1-3H3/b10-7-,11-8-,18-15-,19-16-,20-17-,25-24-,28-27-,31-30-,34-33-,37-36-,40-39-,50-46-. The molecule has 0 aliphatic heterocycles. The quantitative estimate of drug-likeness (QED) is 0.0261. The summed E-state index contributed by atoms with van der Waals surface area (Å²) in [6, 6.07) is 0. The Morgan fingerprint density at radius 3 is 0.818 bits per heavy atom. The third kappa shape index (κ3) is 62.0. The van der Waals surface area contributed by atoms with E-state index in [0.29, 0.717) is 12.8 Å². The molecule has 0 aromatic heterocycles. The highest BCUT2D eigenvalue weighted by atomic mass is 16.6. The van der Waals surface area contributed by atoms with Crippen molar-refractivity contribution < 1.29 is 28.6 Å². The number of rotatable bonds is 55. The molecule has 0 bridgehead atoms. The number of carbonyl (C=O) groups excluding carboxylic acids is 3. The molecular weight excluding hydrogens is 949 g/mol. The van der Waals surface area contributed by atoms with Gasteiger partial charge in [-0.3, -0.25) is 14.4 Å². The first-order valence-electron chi connectivity index (χ1n) is 31.3. The second-order valence-electron chi connectivity index (χ2n) is 20.2. The summed E-state index contributed by atoms with van der Waals surface area (Å²) in [7, 11) is 0. The molecule has 0 heterocycles. The Hall–Kier alpha value is -4.71. The molecule has 0 aromatic rings. The summed E-state index contributed by atoms with van der Waals surface area (Å²) in [5, 5.41) is 0. The molecule has 6 nitrogen and oxygen atoms in total. The first-order valence-corrected chi connectivity index (χ1v) is 31.3. The molecule has 0 saturated carbocycles. The molecule has 0 rings (SSSR count). The molecule has 0 aliphatic carbocycles. The predicted octanol–water partition coefficient (Wildman–Crippen LogP) is 21.5. The van der Waals surface area contributed by atoms with E-state index in [2.05, 4.69) is 167 Å². The van der Waals surface area contributed by atoms with E-state index in [0.717, 1.165) is 154 Å². The maximum Gasteiger partial charge on any atom is 0.306 e. The Bertz CT molecular complexity index is 1700. The topological polar surface area (TPSA) is 78.9 Å². The molecule has 0 amide bonds. The number of hydrogen-bond donors (Lipinski definition) is 0. The van der Waals surface area contributed by atoms with Crippen molar-refractivity contribution in [1.29, 1.82) is 0 Å². The third-order valence-corrected chi connectivity index (χ3v) is 12.8. The van der Waals surface area contributed by atoms with Crippen molar-refractivity contribution in [3.63, 3.8) is 0 Å². The second-order valence-corrected chi connectivity index (χ2v) is 20.2. The van der Waals surface area contributed by atoms with Crippen LogP contribution < -0.4 is 0 Å². The van der Waals surface area contributed by atoms with Crippen LogP contribution in [0.2, 0.25) is 0 Å². The summed E-state index contributed by atoms with van der Waals surface area (Å²) in [6.45, 7) is 6.33. The van der Waals surface area contributed by atoms with E-state index >= 15 is 0 Å². The number of ether oxygens (including phenoxy) is 3. The molecule has 77 heavy (non-hydrogen) atoms. The van der Waals surface area contributed by atoms with Crippen LogP contribution in [0.25, 0.3) is 0 Å². The summed E-state index contributed by atoms with van der Waals surface area (Å²) in [5.74, 6) is -0.946. The molecule has 0 N–H and O–H groups in total. The number of carbonyl (C=O) groups is 3. The van der Waals surface area contributed by atoms with Gasteiger partial charge in [-0.15, -0.1) is 0 Å². The van der Waals surface area contributed by atoms with Crippen molar-refractivity contribution in [2.75, 3.05) is 13.2 Å². The second kappa shape index (κ2) is 63.8. The minimum absolute atomic E-state index is 0.0984. The third-order valence-electron chi connectivity index (χ3n) is 12.8. The maximum absolute atomic E-state index is 12.8. The fourth-order valence-electron chi connectivity index (χ4n) is 8.16. The molecule has 6 heteroatoms. The van der Waals surface area contributed by atoms with Gasteiger partial charge in [-0.2, -0.15) is 0 Å². The van der Waals surface area contributed by atoms with E-state index < -0.39 is 6.10 Å². The van der Waals surface area contributed by atoms with Gasteiger partial charge < -0.3 is 14.2 Å². The molecule has 0 radical (unpaired) electrons. The first kappa shape index (κ1) is 72.3. The van der Waals surface area contributed by atoms with Crippen molar-refractivity contribution in [3.05, 3.63) is 146 Å². The zero-order valence-electron chi connectivity index (χ0n) is 49.7. The van der Waals surface area contributed by atoms with Gasteiger partial charge in [0.05, 0.1) is 0 Å². The molecule has 0 saturated heterocycles. The highest BCUT2D eigenvalue weighted by Gasteiger charge is 2.19. The minimum atomic E-state index is -0.802. The molecule has 1 unspecified atom stereocenters. The molecule has 0 spiro atoms. The summed E-state index contributed by atoms with van der Waals surface area (Å²) >= 11 is 0. The van der Waals surface area contributed by atoms with Gasteiger partial charge in [-0.25, -0.2) is 0 Å². The number of allylic oxidation sites excluding steroid dienone is 24. The number of hydrogen-bond acceptors (Lipinski definition) is 6. The SMILES string of the molecule is CC/C=C\C/C=C\C/C=C\C/C=C\C/C=C\C/C=C\C/C=C\C/C=C\CCCCCCCCCCCCC(=O)OCC(COC(=O)CCCCCCC/C=C\CCCC)OC(=O)CCCCC/C=C\C/C=C\C/C=C\CC. The van der Waals surface area contributed by atoms with Crippen molar-refractivity contribution in [2.24, 2.45) is 0 Å². The van der Waals surface area contributed by atoms with E-state index in [1.165, 1.54) is 70.6 Å². The molecule has 0 aromatic carbocycles. The zero-order chi connectivity index (χ0) is 55.7. The van der Waals surface area contributed by atoms with Gasteiger partial charge in [0, 0.05) is 19.3 Å². The summed E-state index contributed by atoms with van der Waals surface area (Å²) in [5.41, 5.74) is 0. The number of esters is 3. The van der Waals surface area contributed by atoms with Gasteiger partial charge in [0.2, 0.25) is 0 Å². The van der Waals surface area contributed by atoms with Gasteiger partial charge in [-0.1, -0.05) is 256 Å². The van der Waals surface area contributed by atoms with Crippen molar-refractivity contribution in [2.45, 2.75) is 271 Å². The van der Waals surface area contributed by atoms with Crippen LogP contribution in [0.5, 0.6) is 0 Å². The predicted molar refractivity (Wildman–Crippen MR) is 334 cm³/mol. The van der Waals surface area contributed by atoms with Crippen LogP contribution in [0.4, 0.5) is 0 Å². The highest BCUT2D eigenvalue weighted by Crippen LogP contribution is 2.15. The Kier molecular flexibility index (Phi) is 59.9. The van der Waals surface area contributed by atoms with Crippen LogP contribution >= 0.6 is 0 Å². The van der Waals surface area contributed by atoms with Gasteiger partial charge in [0.1, 0.15) is 13.2 Å². The lowest BCUT2D eigenvalue weighted by molar-refractivity contribution is -0.167. The largest absolute Gasteiger partial charge is 0.462 e. The van der Waals surface area contributed by atoms with E-state index in [4.69, 9.17) is 14.2 Å². The minimum Gasteiger partial charge on any atom is -0.462 e. The van der Waals surface area contributed by atoms with Gasteiger partial charge in [-0.05, 0) is 135 Å². The lowest BCUT2D eigenvalue weighted by Gasteiger charge is -2.18. The molecular formula is C71H114O6. The summed E-state index contributed by atoms with van der Waals surface area (Å²) in [6.07, 6.45) is 91.5. The Balaban J connectivity index is 4.19. The lowest BCUT2D eigenvalue weighted by Crippen LogP contribution is -2.30. The van der Waals surface area contributed by atoms with E-state index in [9.17, 15) is 14.4 Å². The van der Waals surface area contributed by atoms with Crippen molar-refractivity contribution in [1.82, 2.24) is 0 Å². The molecule has 0 fully saturated rings. The summed E-state index contributed by atoms with van der Waals surface area (Å²) < 4.78 is 16.8. The average molecular weight is 1060 g/mol. The van der Waals surface area contributed by atoms with Crippen LogP contribution in [0.3, 0.4) is 0 Å². The van der Waals surface area contributed by atoms with E-state index in [1.807, 2.05) is 0 Å². The van der Waals surface area contributed by atoms with Gasteiger partial charge >= 0.3 is 17.9 Å². The van der Waals surface area contributed by atoms with Crippen molar-refractivity contribution in [3.8, 4) is 0 Å². The van der Waals surface area contributed by atoms with Gasteiger partial charge in [0.15, 0.2) is 6.10 Å². The molecule has 0 aliphatic rings. The Labute approximate surface area is 474 Å². The highest BCUT2D eigenvalue weighted by molar-refractivity contribution is 5.71. The normalized spacial score (nSPS) is 13.1. The fraction of sp³-hybridized carbons (Fsp3) is 0.620. The van der Waals surface area contributed by atoms with Crippen molar-refractivity contribution >= 4 is 17.9 Å². The number of unbranched alkanes of at least 4 members (excludes halogenated alkanes) is 20.